The number of nitrogens with zero attached hydrogens (tertiary/aromatic N) is 2. The van der Waals surface area contributed by atoms with E-state index in [9.17, 15) is 9.59 Å². The number of hydrogen-bond acceptors (Lipinski definition) is 4. The summed E-state index contributed by atoms with van der Waals surface area (Å²) in [6.45, 7) is 1.24. The molecule has 0 spiro atoms. The molecule has 1 aromatic rings. The maximum atomic E-state index is 12.3. The van der Waals surface area contributed by atoms with E-state index in [0.717, 1.165) is 12.8 Å². The van der Waals surface area contributed by atoms with Gasteiger partial charge < -0.3 is 14.7 Å². The van der Waals surface area contributed by atoms with E-state index in [1.165, 1.54) is 4.90 Å². The van der Waals surface area contributed by atoms with Gasteiger partial charge in [0, 0.05) is 6.04 Å². The minimum absolute atomic E-state index is 0.00846. The molecular weight excluding hydrogens is 272 g/mol. The maximum Gasteiger partial charge on any atom is 0.323 e. The van der Waals surface area contributed by atoms with E-state index < -0.39 is 12.1 Å². The van der Waals surface area contributed by atoms with Crippen molar-refractivity contribution in [1.29, 1.82) is 5.26 Å². The molecule has 1 aliphatic rings. The molecular formula is C15H16N2O4. The SMILES string of the molecule is CC(Oc1ccccc1C#N)C(=O)N(CC(=O)O)C1CC1. The van der Waals surface area contributed by atoms with Gasteiger partial charge in [-0.15, -0.1) is 0 Å². The predicted octanol–water partition coefficient (Wildman–Crippen LogP) is 1.40. The number of rotatable bonds is 6. The fraction of sp³-hybridized carbons (Fsp3) is 0.400. The Kier molecular flexibility index (Phi) is 4.43. The molecule has 110 valence electrons. The van der Waals surface area contributed by atoms with Crippen molar-refractivity contribution in [3.05, 3.63) is 29.8 Å². The molecule has 1 fully saturated rings. The number of amides is 1. The molecule has 1 unspecified atom stereocenters. The smallest absolute Gasteiger partial charge is 0.323 e. The lowest BCUT2D eigenvalue weighted by Gasteiger charge is -2.24. The highest BCUT2D eigenvalue weighted by Gasteiger charge is 2.36. The molecule has 21 heavy (non-hydrogen) atoms. The number of carboxylic acid groups (broad SMARTS) is 1. The summed E-state index contributed by atoms with van der Waals surface area (Å²) in [4.78, 5) is 24.5. The van der Waals surface area contributed by atoms with Gasteiger partial charge in [0.05, 0.1) is 5.56 Å². The lowest BCUT2D eigenvalue weighted by atomic mass is 10.2. The van der Waals surface area contributed by atoms with Crippen LogP contribution in [0, 0.1) is 11.3 Å². The van der Waals surface area contributed by atoms with Crippen LogP contribution in [0.15, 0.2) is 24.3 Å². The van der Waals surface area contributed by atoms with Crippen LogP contribution in [-0.4, -0.2) is 40.6 Å². The van der Waals surface area contributed by atoms with Crippen molar-refractivity contribution in [2.75, 3.05) is 6.54 Å². The first-order valence-corrected chi connectivity index (χ1v) is 6.71. The number of aliphatic carboxylic acids is 1. The number of para-hydroxylation sites is 1. The molecule has 1 aromatic carbocycles. The van der Waals surface area contributed by atoms with Gasteiger partial charge in [-0.25, -0.2) is 0 Å². The van der Waals surface area contributed by atoms with Crippen molar-refractivity contribution in [1.82, 2.24) is 4.90 Å². The Hall–Kier alpha value is -2.55. The van der Waals surface area contributed by atoms with Gasteiger partial charge in [-0.05, 0) is 31.9 Å². The number of carbonyl (C=O) groups excluding carboxylic acids is 1. The van der Waals surface area contributed by atoms with Crippen LogP contribution in [0.2, 0.25) is 0 Å². The molecule has 6 nitrogen and oxygen atoms in total. The Morgan fingerprint density at radius 3 is 2.71 bits per heavy atom. The molecule has 1 saturated carbocycles. The predicted molar refractivity (Wildman–Crippen MR) is 73.6 cm³/mol. The number of carboxylic acids is 1. The van der Waals surface area contributed by atoms with E-state index in [0.29, 0.717) is 11.3 Å². The minimum Gasteiger partial charge on any atom is -0.480 e. The summed E-state index contributed by atoms with van der Waals surface area (Å²) in [5.41, 5.74) is 0.341. The third-order valence-electron chi connectivity index (χ3n) is 3.24. The molecule has 1 aliphatic carbocycles. The van der Waals surface area contributed by atoms with Gasteiger partial charge >= 0.3 is 5.97 Å². The molecule has 0 aliphatic heterocycles. The highest BCUT2D eigenvalue weighted by atomic mass is 16.5. The maximum absolute atomic E-state index is 12.3. The average molecular weight is 288 g/mol. The summed E-state index contributed by atoms with van der Waals surface area (Å²) in [6, 6.07) is 8.61. The molecule has 6 heteroatoms. The zero-order chi connectivity index (χ0) is 15.4. The topological polar surface area (TPSA) is 90.6 Å². The summed E-state index contributed by atoms with van der Waals surface area (Å²) < 4.78 is 5.53. The highest BCUT2D eigenvalue weighted by molar-refractivity contribution is 5.85. The van der Waals surface area contributed by atoms with Gasteiger partial charge in [0.2, 0.25) is 0 Å². The Morgan fingerprint density at radius 1 is 1.48 bits per heavy atom. The summed E-state index contributed by atoms with van der Waals surface area (Å²) in [6.07, 6.45) is 0.806. The van der Waals surface area contributed by atoms with Crippen molar-refractivity contribution in [2.24, 2.45) is 0 Å². The van der Waals surface area contributed by atoms with E-state index in [-0.39, 0.29) is 18.5 Å². The Balaban J connectivity index is 2.08. The normalized spacial score (nSPS) is 14.9. The Bertz CT molecular complexity index is 590. The van der Waals surface area contributed by atoms with Crippen LogP contribution >= 0.6 is 0 Å². The first-order chi connectivity index (χ1) is 10.0. The molecule has 1 atom stereocenters. The van der Waals surface area contributed by atoms with E-state index in [2.05, 4.69) is 0 Å². The molecule has 1 N–H and O–H groups in total. The largest absolute Gasteiger partial charge is 0.480 e. The van der Waals surface area contributed by atoms with Crippen molar-refractivity contribution < 1.29 is 19.4 Å². The fourth-order valence-corrected chi connectivity index (χ4v) is 2.06. The molecule has 2 rings (SSSR count). The summed E-state index contributed by atoms with van der Waals surface area (Å²) >= 11 is 0. The zero-order valence-corrected chi connectivity index (χ0v) is 11.7. The second kappa shape index (κ2) is 6.27. The Labute approximate surface area is 122 Å². The van der Waals surface area contributed by atoms with Crippen LogP contribution < -0.4 is 4.74 Å². The van der Waals surface area contributed by atoms with Gasteiger partial charge in [0.25, 0.3) is 5.91 Å². The number of ether oxygens (including phenoxy) is 1. The minimum atomic E-state index is -1.04. The highest BCUT2D eigenvalue weighted by Crippen LogP contribution is 2.28. The van der Waals surface area contributed by atoms with E-state index >= 15 is 0 Å². The quantitative estimate of drug-likeness (QED) is 0.854. The van der Waals surface area contributed by atoms with Crippen LogP contribution in [0.1, 0.15) is 25.3 Å². The van der Waals surface area contributed by atoms with E-state index in [4.69, 9.17) is 15.1 Å². The molecule has 0 radical (unpaired) electrons. The van der Waals surface area contributed by atoms with Gasteiger partial charge in [-0.2, -0.15) is 5.26 Å². The monoisotopic (exact) mass is 288 g/mol. The van der Waals surface area contributed by atoms with Crippen molar-refractivity contribution in [2.45, 2.75) is 31.9 Å². The van der Waals surface area contributed by atoms with Crippen LogP contribution in [0.3, 0.4) is 0 Å². The summed E-state index contributed by atoms with van der Waals surface area (Å²) in [5, 5.41) is 17.9. The average Bonchev–Trinajstić information content (AvgIpc) is 3.29. The van der Waals surface area contributed by atoms with Gasteiger partial charge in [0.15, 0.2) is 6.10 Å². The molecule has 1 amide bonds. The van der Waals surface area contributed by atoms with Crippen molar-refractivity contribution >= 4 is 11.9 Å². The number of carbonyl (C=O) groups is 2. The van der Waals surface area contributed by atoms with Crippen LogP contribution in [0.25, 0.3) is 0 Å². The van der Waals surface area contributed by atoms with E-state index in [1.807, 2.05) is 6.07 Å². The first-order valence-electron chi connectivity index (χ1n) is 6.71. The zero-order valence-electron chi connectivity index (χ0n) is 11.7. The van der Waals surface area contributed by atoms with Crippen LogP contribution in [0.4, 0.5) is 0 Å². The van der Waals surface area contributed by atoms with Crippen LogP contribution in [0.5, 0.6) is 5.75 Å². The van der Waals surface area contributed by atoms with E-state index in [1.54, 1.807) is 31.2 Å². The first kappa shape index (κ1) is 14.9. The number of hydrogen-bond donors (Lipinski definition) is 1. The summed E-state index contributed by atoms with van der Waals surface area (Å²) in [5.74, 6) is -1.08. The standard InChI is InChI=1S/C15H16N2O4/c1-10(21-13-5-3-2-4-11(13)8-16)15(20)17(9-14(18)19)12-6-7-12/h2-5,10,12H,6-7,9H2,1H3,(H,18,19). The second-order valence-corrected chi connectivity index (χ2v) is 4.96. The number of benzene rings is 1. The lowest BCUT2D eigenvalue weighted by molar-refractivity contribution is -0.148. The van der Waals surface area contributed by atoms with Gasteiger partial charge in [-0.3, -0.25) is 9.59 Å². The summed E-state index contributed by atoms with van der Waals surface area (Å²) in [7, 11) is 0. The molecule has 0 heterocycles. The molecule has 0 bridgehead atoms. The third kappa shape index (κ3) is 3.72. The lowest BCUT2D eigenvalue weighted by Crippen LogP contribution is -2.44. The third-order valence-corrected chi connectivity index (χ3v) is 3.24. The van der Waals surface area contributed by atoms with Crippen molar-refractivity contribution in [3.63, 3.8) is 0 Å². The Morgan fingerprint density at radius 2 is 2.14 bits per heavy atom. The van der Waals surface area contributed by atoms with Gasteiger partial charge in [-0.1, -0.05) is 12.1 Å². The van der Waals surface area contributed by atoms with Crippen LogP contribution in [-0.2, 0) is 9.59 Å². The second-order valence-electron chi connectivity index (χ2n) is 4.96. The van der Waals surface area contributed by atoms with Crippen molar-refractivity contribution in [3.8, 4) is 11.8 Å². The molecule has 0 aromatic heterocycles. The molecule has 0 saturated heterocycles. The van der Waals surface area contributed by atoms with Gasteiger partial charge in [0.1, 0.15) is 18.4 Å². The fourth-order valence-electron chi connectivity index (χ4n) is 2.06. The number of nitriles is 1.